The minimum absolute atomic E-state index is 0. The Morgan fingerprint density at radius 2 is 2.05 bits per heavy atom. The third-order valence-corrected chi connectivity index (χ3v) is 3.70. The zero-order valence-electron chi connectivity index (χ0n) is 11.6. The van der Waals surface area contributed by atoms with E-state index in [1.807, 2.05) is 24.3 Å². The van der Waals surface area contributed by atoms with Crippen LogP contribution < -0.4 is 10.6 Å². The number of benzene rings is 1. The van der Waals surface area contributed by atoms with Crippen LogP contribution in [0.3, 0.4) is 0 Å². The topological polar surface area (TPSA) is 41.1 Å². The molecule has 0 spiro atoms. The first-order chi connectivity index (χ1) is 8.70. The molecule has 1 aromatic rings. The van der Waals surface area contributed by atoms with Crippen molar-refractivity contribution < 1.29 is 4.79 Å². The number of nitrogens with one attached hydrogen (secondary N) is 2. The van der Waals surface area contributed by atoms with Crippen LogP contribution in [0.5, 0.6) is 0 Å². The number of piperidine rings is 1. The van der Waals surface area contributed by atoms with Gasteiger partial charge in [-0.1, -0.05) is 19.1 Å². The number of halogens is 1. The van der Waals surface area contributed by atoms with Crippen LogP contribution in [0, 0.1) is 0 Å². The van der Waals surface area contributed by atoms with E-state index < -0.39 is 0 Å². The van der Waals surface area contributed by atoms with Crippen molar-refractivity contribution in [1.29, 1.82) is 0 Å². The van der Waals surface area contributed by atoms with Crippen molar-refractivity contribution in [3.05, 3.63) is 35.4 Å². The first-order valence-electron chi connectivity index (χ1n) is 6.84. The monoisotopic (exact) mass is 282 g/mol. The lowest BCUT2D eigenvalue weighted by molar-refractivity contribution is 0.0920. The van der Waals surface area contributed by atoms with Crippen LogP contribution in [0.4, 0.5) is 0 Å². The molecule has 1 amide bonds. The highest BCUT2D eigenvalue weighted by molar-refractivity contribution is 5.94. The van der Waals surface area contributed by atoms with Crippen LogP contribution >= 0.6 is 12.4 Å². The van der Waals surface area contributed by atoms with Gasteiger partial charge in [0.25, 0.3) is 5.91 Å². The molecule has 1 saturated heterocycles. The van der Waals surface area contributed by atoms with Crippen LogP contribution in [0.1, 0.15) is 42.6 Å². The lowest BCUT2D eigenvalue weighted by Crippen LogP contribution is -2.51. The first-order valence-corrected chi connectivity index (χ1v) is 6.84. The molecule has 0 bridgehead atoms. The van der Waals surface area contributed by atoms with Gasteiger partial charge in [-0.15, -0.1) is 12.4 Å². The molecule has 0 aliphatic carbocycles. The second kappa shape index (κ2) is 7.51. The summed E-state index contributed by atoms with van der Waals surface area (Å²) in [5.74, 6) is 0.0400. The van der Waals surface area contributed by atoms with Crippen LogP contribution in [0.15, 0.2) is 24.3 Å². The van der Waals surface area contributed by atoms with Crippen molar-refractivity contribution in [3.63, 3.8) is 0 Å². The molecule has 1 aliphatic heterocycles. The fourth-order valence-corrected chi connectivity index (χ4v) is 2.38. The van der Waals surface area contributed by atoms with E-state index in [1.54, 1.807) is 0 Å². The van der Waals surface area contributed by atoms with Crippen LogP contribution in [0.25, 0.3) is 0 Å². The Kier molecular flexibility index (Phi) is 6.32. The van der Waals surface area contributed by atoms with Gasteiger partial charge in [-0.3, -0.25) is 4.79 Å². The fraction of sp³-hybridized carbons (Fsp3) is 0.533. The van der Waals surface area contributed by atoms with Gasteiger partial charge in [0, 0.05) is 17.6 Å². The first kappa shape index (κ1) is 16.0. The van der Waals surface area contributed by atoms with Gasteiger partial charge < -0.3 is 10.6 Å². The van der Waals surface area contributed by atoms with Crippen molar-refractivity contribution in [2.45, 2.75) is 45.2 Å². The largest absolute Gasteiger partial charge is 0.348 e. The minimum Gasteiger partial charge on any atom is -0.348 e. The second-order valence-corrected chi connectivity index (χ2v) is 5.02. The molecule has 106 valence electrons. The molecule has 2 N–H and O–H groups in total. The van der Waals surface area contributed by atoms with Gasteiger partial charge in [0.05, 0.1) is 0 Å². The number of hydrogen-bond acceptors (Lipinski definition) is 2. The van der Waals surface area contributed by atoms with E-state index in [2.05, 4.69) is 24.5 Å². The molecule has 0 saturated carbocycles. The molecule has 3 nitrogen and oxygen atoms in total. The molecule has 4 heteroatoms. The predicted octanol–water partition coefficient (Wildman–Crippen LogP) is 2.54. The molecule has 2 rings (SSSR count). The summed E-state index contributed by atoms with van der Waals surface area (Å²) in [4.78, 5) is 12.1. The Hall–Kier alpha value is -1.06. The molecular formula is C15H23ClN2O. The average Bonchev–Trinajstić information content (AvgIpc) is 2.41. The van der Waals surface area contributed by atoms with Crippen molar-refractivity contribution in [2.24, 2.45) is 0 Å². The van der Waals surface area contributed by atoms with Crippen LogP contribution in [-0.4, -0.2) is 24.5 Å². The van der Waals surface area contributed by atoms with Crippen molar-refractivity contribution >= 4 is 18.3 Å². The third kappa shape index (κ3) is 4.22. The van der Waals surface area contributed by atoms with Gasteiger partial charge in [-0.25, -0.2) is 0 Å². The molecule has 0 radical (unpaired) electrons. The second-order valence-electron chi connectivity index (χ2n) is 5.02. The van der Waals surface area contributed by atoms with Crippen molar-refractivity contribution in [3.8, 4) is 0 Å². The fourth-order valence-electron chi connectivity index (χ4n) is 2.38. The van der Waals surface area contributed by atoms with Crippen molar-refractivity contribution in [1.82, 2.24) is 10.6 Å². The van der Waals surface area contributed by atoms with Gasteiger partial charge >= 0.3 is 0 Å². The molecular weight excluding hydrogens is 260 g/mol. The lowest BCUT2D eigenvalue weighted by Gasteiger charge is -2.30. The zero-order chi connectivity index (χ0) is 13.0. The number of hydrogen-bond donors (Lipinski definition) is 2. The molecule has 2 unspecified atom stereocenters. The molecule has 1 aromatic carbocycles. The van der Waals surface area contributed by atoms with Crippen molar-refractivity contribution in [2.75, 3.05) is 6.54 Å². The van der Waals surface area contributed by atoms with E-state index >= 15 is 0 Å². The smallest absolute Gasteiger partial charge is 0.251 e. The Labute approximate surface area is 121 Å². The maximum atomic E-state index is 12.1. The normalized spacial score (nSPS) is 22.4. The summed E-state index contributed by atoms with van der Waals surface area (Å²) >= 11 is 0. The Morgan fingerprint density at radius 1 is 1.37 bits per heavy atom. The summed E-state index contributed by atoms with van der Waals surface area (Å²) in [6.07, 6.45) is 3.20. The Morgan fingerprint density at radius 3 is 2.63 bits per heavy atom. The van der Waals surface area contributed by atoms with E-state index in [1.165, 1.54) is 5.56 Å². The van der Waals surface area contributed by atoms with Crippen LogP contribution in [0.2, 0.25) is 0 Å². The van der Waals surface area contributed by atoms with Gasteiger partial charge in [0.1, 0.15) is 0 Å². The van der Waals surface area contributed by atoms with E-state index in [-0.39, 0.29) is 24.4 Å². The zero-order valence-corrected chi connectivity index (χ0v) is 12.4. The number of aryl methyl sites for hydroxylation is 1. The highest BCUT2D eigenvalue weighted by Crippen LogP contribution is 2.10. The Bertz CT molecular complexity index is 405. The highest BCUT2D eigenvalue weighted by atomic mass is 35.5. The van der Waals surface area contributed by atoms with E-state index in [9.17, 15) is 4.79 Å². The summed E-state index contributed by atoms with van der Waals surface area (Å²) in [6, 6.07) is 8.48. The summed E-state index contributed by atoms with van der Waals surface area (Å²) < 4.78 is 0. The van der Waals surface area contributed by atoms with Gasteiger partial charge in [0.15, 0.2) is 0 Å². The number of rotatable bonds is 3. The van der Waals surface area contributed by atoms with E-state index in [0.29, 0.717) is 6.04 Å². The third-order valence-electron chi connectivity index (χ3n) is 3.70. The summed E-state index contributed by atoms with van der Waals surface area (Å²) in [6.45, 7) is 5.30. The molecule has 1 fully saturated rings. The standard InChI is InChI=1S/C15H22N2O.ClH/c1-3-12-6-8-13(9-7-12)15(18)17-14-5-4-10-16-11(14)2;/h6-9,11,14,16H,3-5,10H2,1-2H3,(H,17,18);1H. The summed E-state index contributed by atoms with van der Waals surface area (Å²) in [5, 5.41) is 6.51. The molecule has 1 heterocycles. The molecule has 2 atom stereocenters. The lowest BCUT2D eigenvalue weighted by atomic mass is 9.99. The van der Waals surface area contributed by atoms with Gasteiger partial charge in [-0.05, 0) is 50.4 Å². The molecule has 19 heavy (non-hydrogen) atoms. The maximum Gasteiger partial charge on any atom is 0.251 e. The van der Waals surface area contributed by atoms with E-state index in [0.717, 1.165) is 31.4 Å². The predicted molar refractivity (Wildman–Crippen MR) is 81.0 cm³/mol. The highest BCUT2D eigenvalue weighted by Gasteiger charge is 2.22. The number of carbonyl (C=O) groups excluding carboxylic acids is 1. The Balaban J connectivity index is 0.00000180. The quantitative estimate of drug-likeness (QED) is 0.895. The maximum absolute atomic E-state index is 12.1. The summed E-state index contributed by atoms with van der Waals surface area (Å²) in [5.41, 5.74) is 2.02. The number of amides is 1. The minimum atomic E-state index is 0. The SMILES string of the molecule is CCc1ccc(C(=O)NC2CCCNC2C)cc1.Cl. The number of carbonyl (C=O) groups is 1. The van der Waals surface area contributed by atoms with Gasteiger partial charge in [0.2, 0.25) is 0 Å². The molecule has 0 aromatic heterocycles. The summed E-state index contributed by atoms with van der Waals surface area (Å²) in [7, 11) is 0. The average molecular weight is 283 g/mol. The molecule has 1 aliphatic rings. The van der Waals surface area contributed by atoms with Crippen LogP contribution in [-0.2, 0) is 6.42 Å². The van der Waals surface area contributed by atoms with Gasteiger partial charge in [-0.2, -0.15) is 0 Å². The van der Waals surface area contributed by atoms with E-state index in [4.69, 9.17) is 0 Å².